The maximum atomic E-state index is 9.39. The van der Waals surface area contributed by atoms with Crippen molar-refractivity contribution >= 4 is 11.3 Å². The minimum absolute atomic E-state index is 0.0969. The predicted molar refractivity (Wildman–Crippen MR) is 72.0 cm³/mol. The molecule has 0 aliphatic heterocycles. The second-order valence-corrected chi connectivity index (χ2v) is 5.57. The van der Waals surface area contributed by atoms with Crippen LogP contribution in [0.1, 0.15) is 29.3 Å². The summed E-state index contributed by atoms with van der Waals surface area (Å²) in [6.45, 7) is 0.0969. The first-order chi connectivity index (χ1) is 8.81. The van der Waals surface area contributed by atoms with Gasteiger partial charge in [0.1, 0.15) is 10.8 Å². The first kappa shape index (κ1) is 11.7. The third-order valence-electron chi connectivity index (χ3n) is 3.17. The van der Waals surface area contributed by atoms with Crippen molar-refractivity contribution in [1.29, 1.82) is 0 Å². The lowest BCUT2D eigenvalue weighted by Crippen LogP contribution is -1.87. The van der Waals surface area contributed by atoms with E-state index in [4.69, 9.17) is 4.74 Å². The number of aromatic nitrogens is 1. The second-order valence-electron chi connectivity index (χ2n) is 4.49. The van der Waals surface area contributed by atoms with E-state index in [1.54, 1.807) is 18.4 Å². The fraction of sp³-hybridized carbons (Fsp3) is 0.357. The Morgan fingerprint density at radius 3 is 2.61 bits per heavy atom. The molecule has 1 fully saturated rings. The van der Waals surface area contributed by atoms with Crippen molar-refractivity contribution < 1.29 is 9.84 Å². The van der Waals surface area contributed by atoms with Crippen molar-refractivity contribution in [3.8, 4) is 16.3 Å². The lowest BCUT2D eigenvalue weighted by molar-refractivity contribution is 0.284. The summed E-state index contributed by atoms with van der Waals surface area (Å²) < 4.78 is 5.15. The normalized spacial score (nSPS) is 14.8. The SMILES string of the molecule is COc1ccc(-c2nc(C3CC3)c(CO)s2)cc1. The maximum absolute atomic E-state index is 9.39. The zero-order valence-corrected chi connectivity index (χ0v) is 11.0. The monoisotopic (exact) mass is 261 g/mol. The van der Waals surface area contributed by atoms with Crippen LogP contribution in [0.5, 0.6) is 5.75 Å². The Bertz CT molecular complexity index is 543. The van der Waals surface area contributed by atoms with Gasteiger partial charge in [-0.25, -0.2) is 4.98 Å². The topological polar surface area (TPSA) is 42.4 Å². The van der Waals surface area contributed by atoms with Crippen LogP contribution in [0, 0.1) is 0 Å². The van der Waals surface area contributed by atoms with Gasteiger partial charge in [-0.15, -0.1) is 11.3 Å². The standard InChI is InChI=1S/C14H15NO2S/c1-17-11-6-4-10(5-7-11)14-15-13(9-2-3-9)12(8-16)18-14/h4-7,9,16H,2-3,8H2,1H3. The summed E-state index contributed by atoms with van der Waals surface area (Å²) >= 11 is 1.59. The number of methoxy groups -OCH3 is 1. The van der Waals surface area contributed by atoms with Crippen LogP contribution >= 0.6 is 11.3 Å². The summed E-state index contributed by atoms with van der Waals surface area (Å²) in [5.41, 5.74) is 2.19. The fourth-order valence-corrected chi connectivity index (χ4v) is 3.02. The van der Waals surface area contributed by atoms with E-state index < -0.39 is 0 Å². The molecule has 1 aliphatic carbocycles. The zero-order chi connectivity index (χ0) is 12.5. The van der Waals surface area contributed by atoms with Crippen LogP contribution in [0.3, 0.4) is 0 Å². The molecule has 0 saturated heterocycles. The molecule has 3 nitrogen and oxygen atoms in total. The van der Waals surface area contributed by atoms with Crippen LogP contribution in [0.15, 0.2) is 24.3 Å². The van der Waals surface area contributed by atoms with Crippen LogP contribution in [0.4, 0.5) is 0 Å². The van der Waals surface area contributed by atoms with Gasteiger partial charge in [0.2, 0.25) is 0 Å². The van der Waals surface area contributed by atoms with Gasteiger partial charge in [-0.1, -0.05) is 0 Å². The van der Waals surface area contributed by atoms with E-state index >= 15 is 0 Å². The van der Waals surface area contributed by atoms with Crippen molar-refractivity contribution in [2.45, 2.75) is 25.4 Å². The lowest BCUT2D eigenvalue weighted by Gasteiger charge is -2.00. The van der Waals surface area contributed by atoms with E-state index in [2.05, 4.69) is 4.98 Å². The Labute approximate surface area is 110 Å². The van der Waals surface area contributed by atoms with Gasteiger partial charge in [-0.3, -0.25) is 0 Å². The molecule has 1 heterocycles. The number of hydrogen-bond donors (Lipinski definition) is 1. The van der Waals surface area contributed by atoms with Gasteiger partial charge in [-0.05, 0) is 37.1 Å². The number of rotatable bonds is 4. The highest BCUT2D eigenvalue weighted by Crippen LogP contribution is 2.44. The highest BCUT2D eigenvalue weighted by molar-refractivity contribution is 7.15. The van der Waals surface area contributed by atoms with E-state index in [-0.39, 0.29) is 6.61 Å². The smallest absolute Gasteiger partial charge is 0.123 e. The van der Waals surface area contributed by atoms with E-state index in [9.17, 15) is 5.11 Å². The molecule has 1 aliphatic rings. The largest absolute Gasteiger partial charge is 0.497 e. The average molecular weight is 261 g/mol. The Morgan fingerprint density at radius 2 is 2.06 bits per heavy atom. The van der Waals surface area contributed by atoms with E-state index in [0.717, 1.165) is 26.9 Å². The van der Waals surface area contributed by atoms with Crippen LogP contribution in [0.25, 0.3) is 10.6 Å². The highest BCUT2D eigenvalue weighted by atomic mass is 32.1. The molecule has 1 aromatic heterocycles. The number of nitrogens with zero attached hydrogens (tertiary/aromatic N) is 1. The predicted octanol–water partition coefficient (Wildman–Crippen LogP) is 3.19. The molecule has 18 heavy (non-hydrogen) atoms. The first-order valence-corrected chi connectivity index (χ1v) is 6.88. The summed E-state index contributed by atoms with van der Waals surface area (Å²) in [5.74, 6) is 1.43. The minimum atomic E-state index is 0.0969. The van der Waals surface area contributed by atoms with E-state index in [1.807, 2.05) is 24.3 Å². The van der Waals surface area contributed by atoms with Gasteiger partial charge in [0.05, 0.1) is 24.3 Å². The molecule has 0 spiro atoms. The van der Waals surface area contributed by atoms with Gasteiger partial charge in [0.25, 0.3) is 0 Å². The number of thiazole rings is 1. The van der Waals surface area contributed by atoms with Crippen molar-refractivity contribution in [2.24, 2.45) is 0 Å². The average Bonchev–Trinajstić information content (AvgIpc) is 3.18. The summed E-state index contributed by atoms with van der Waals surface area (Å²) in [4.78, 5) is 5.70. The molecule has 0 bridgehead atoms. The van der Waals surface area contributed by atoms with Crippen LogP contribution in [0.2, 0.25) is 0 Å². The molecule has 94 valence electrons. The van der Waals surface area contributed by atoms with Crippen molar-refractivity contribution in [3.63, 3.8) is 0 Å². The molecule has 1 aromatic carbocycles. The summed E-state index contributed by atoms with van der Waals surface area (Å²) in [5, 5.41) is 10.4. The summed E-state index contributed by atoms with van der Waals surface area (Å²) in [6.07, 6.45) is 2.41. The molecule has 0 atom stereocenters. The molecule has 3 rings (SSSR count). The van der Waals surface area contributed by atoms with Gasteiger partial charge in [0, 0.05) is 11.5 Å². The Kier molecular flexibility index (Phi) is 3.06. The quantitative estimate of drug-likeness (QED) is 0.919. The molecule has 0 unspecified atom stereocenters. The van der Waals surface area contributed by atoms with Crippen molar-refractivity contribution in [3.05, 3.63) is 34.8 Å². The van der Waals surface area contributed by atoms with Gasteiger partial charge in [0.15, 0.2) is 0 Å². The Morgan fingerprint density at radius 1 is 1.33 bits per heavy atom. The third-order valence-corrected chi connectivity index (χ3v) is 4.28. The number of ether oxygens (including phenoxy) is 1. The molecule has 0 radical (unpaired) electrons. The third kappa shape index (κ3) is 2.13. The molecule has 1 N–H and O–H groups in total. The number of aliphatic hydroxyl groups is 1. The van der Waals surface area contributed by atoms with E-state index in [1.165, 1.54) is 12.8 Å². The van der Waals surface area contributed by atoms with Crippen LogP contribution in [-0.2, 0) is 6.61 Å². The number of aliphatic hydroxyl groups excluding tert-OH is 1. The Hall–Kier alpha value is -1.39. The summed E-state index contributed by atoms with van der Waals surface area (Å²) in [7, 11) is 1.66. The fourth-order valence-electron chi connectivity index (χ4n) is 2.01. The van der Waals surface area contributed by atoms with Crippen LogP contribution < -0.4 is 4.74 Å². The molecular weight excluding hydrogens is 246 g/mol. The van der Waals surface area contributed by atoms with E-state index in [0.29, 0.717) is 5.92 Å². The first-order valence-electron chi connectivity index (χ1n) is 6.06. The van der Waals surface area contributed by atoms with Crippen LogP contribution in [-0.4, -0.2) is 17.2 Å². The number of hydrogen-bond acceptors (Lipinski definition) is 4. The highest BCUT2D eigenvalue weighted by Gasteiger charge is 2.29. The minimum Gasteiger partial charge on any atom is -0.497 e. The van der Waals surface area contributed by atoms with Gasteiger partial charge >= 0.3 is 0 Å². The molecule has 2 aromatic rings. The second kappa shape index (κ2) is 4.71. The molecular formula is C14H15NO2S. The lowest BCUT2D eigenvalue weighted by atomic mass is 10.2. The molecule has 1 saturated carbocycles. The Balaban J connectivity index is 1.95. The zero-order valence-electron chi connectivity index (χ0n) is 10.2. The van der Waals surface area contributed by atoms with Crippen molar-refractivity contribution in [1.82, 2.24) is 4.98 Å². The molecule has 0 amide bonds. The number of benzene rings is 1. The summed E-state index contributed by atoms with van der Waals surface area (Å²) in [6, 6.07) is 7.89. The molecule has 4 heteroatoms. The van der Waals surface area contributed by atoms with Crippen molar-refractivity contribution in [2.75, 3.05) is 7.11 Å². The maximum Gasteiger partial charge on any atom is 0.123 e. The van der Waals surface area contributed by atoms with Gasteiger partial charge < -0.3 is 9.84 Å². The van der Waals surface area contributed by atoms with Gasteiger partial charge in [-0.2, -0.15) is 0 Å².